The molecule has 1 atom stereocenters. The maximum atomic E-state index is 9.04. The summed E-state index contributed by atoms with van der Waals surface area (Å²) in [5.74, 6) is 0. The van der Waals surface area contributed by atoms with E-state index in [1.165, 1.54) is 5.54 Å². The van der Waals surface area contributed by atoms with E-state index in [2.05, 4.69) is 0 Å². The summed E-state index contributed by atoms with van der Waals surface area (Å²) in [6, 6.07) is 0. The van der Waals surface area contributed by atoms with Crippen molar-refractivity contribution in [1.29, 1.82) is 0 Å². The van der Waals surface area contributed by atoms with Gasteiger partial charge in [0.05, 0.1) is 6.10 Å². The summed E-state index contributed by atoms with van der Waals surface area (Å²) >= 11 is 5.43. The van der Waals surface area contributed by atoms with E-state index in [9.17, 15) is 0 Å². The van der Waals surface area contributed by atoms with Crippen LogP contribution in [-0.4, -0.2) is 11.2 Å². The monoisotopic (exact) mass is 144 g/mol. The Morgan fingerprint density at radius 3 is 2.67 bits per heavy atom. The van der Waals surface area contributed by atoms with Crippen LogP contribution in [0.15, 0.2) is 22.8 Å². The molecule has 1 aliphatic rings. The Morgan fingerprint density at radius 2 is 2.44 bits per heavy atom. The predicted molar refractivity (Wildman–Crippen MR) is 38.3 cm³/mol. The Hall–Kier alpha value is -0.270. The van der Waals surface area contributed by atoms with Crippen molar-refractivity contribution in [3.63, 3.8) is 0 Å². The Bertz CT molecular complexity index is 170. The molecule has 0 aromatic carbocycles. The highest BCUT2D eigenvalue weighted by molar-refractivity contribution is 6.26. The number of allylic oxidation sites excluding steroid dienone is 1. The third-order valence-corrected chi connectivity index (χ3v) is 1.85. The normalized spacial score (nSPS) is 35.2. The van der Waals surface area contributed by atoms with Gasteiger partial charge < -0.3 is 5.11 Å². The van der Waals surface area contributed by atoms with Crippen LogP contribution in [-0.2, 0) is 0 Å². The molecule has 9 heavy (non-hydrogen) atoms. The van der Waals surface area contributed by atoms with Crippen LogP contribution in [0.5, 0.6) is 0 Å². The number of aliphatic hydroxyl groups is 1. The molecular weight excluding hydrogens is 136 g/mol. The first-order valence-electron chi connectivity index (χ1n) is 2.93. The van der Waals surface area contributed by atoms with Crippen LogP contribution in [0.2, 0.25) is 0 Å². The SMILES string of the molecule is CC=C1/C(=C\Cl)CC1O. The molecule has 1 unspecified atom stereocenters. The van der Waals surface area contributed by atoms with Crippen LogP contribution >= 0.6 is 11.6 Å². The minimum atomic E-state index is -0.264. The van der Waals surface area contributed by atoms with E-state index >= 15 is 0 Å². The predicted octanol–water partition coefficient (Wildman–Crippen LogP) is 1.82. The summed E-state index contributed by atoms with van der Waals surface area (Å²) in [4.78, 5) is 0. The minimum absolute atomic E-state index is 0.264. The number of hydrogen-bond acceptors (Lipinski definition) is 1. The van der Waals surface area contributed by atoms with Crippen LogP contribution in [0.1, 0.15) is 13.3 Å². The maximum absolute atomic E-state index is 9.04. The van der Waals surface area contributed by atoms with Crippen LogP contribution in [0.3, 0.4) is 0 Å². The van der Waals surface area contributed by atoms with Gasteiger partial charge in [0, 0.05) is 12.0 Å². The van der Waals surface area contributed by atoms with E-state index in [1.807, 2.05) is 13.0 Å². The van der Waals surface area contributed by atoms with Crippen molar-refractivity contribution >= 4 is 11.6 Å². The van der Waals surface area contributed by atoms with E-state index in [0.717, 1.165) is 11.1 Å². The average Bonchev–Trinajstić information content (AvgIpc) is 1.83. The summed E-state index contributed by atoms with van der Waals surface area (Å²) < 4.78 is 0. The first kappa shape index (κ1) is 6.84. The first-order chi connectivity index (χ1) is 4.29. The minimum Gasteiger partial charge on any atom is -0.388 e. The Morgan fingerprint density at radius 1 is 1.78 bits per heavy atom. The van der Waals surface area contributed by atoms with Crippen LogP contribution in [0.25, 0.3) is 0 Å². The molecule has 1 N–H and O–H groups in total. The molecule has 0 heterocycles. The van der Waals surface area contributed by atoms with Crippen molar-refractivity contribution in [2.45, 2.75) is 19.4 Å². The fourth-order valence-electron chi connectivity index (χ4n) is 1.00. The zero-order chi connectivity index (χ0) is 6.85. The average molecular weight is 145 g/mol. The molecule has 0 saturated heterocycles. The van der Waals surface area contributed by atoms with Gasteiger partial charge in [0.2, 0.25) is 0 Å². The highest BCUT2D eigenvalue weighted by Gasteiger charge is 2.25. The van der Waals surface area contributed by atoms with Gasteiger partial charge in [-0.2, -0.15) is 0 Å². The quantitative estimate of drug-likeness (QED) is 0.550. The molecule has 0 bridgehead atoms. The lowest BCUT2D eigenvalue weighted by molar-refractivity contribution is 0.186. The Kier molecular flexibility index (Phi) is 1.94. The van der Waals surface area contributed by atoms with E-state index in [1.54, 1.807) is 0 Å². The lowest BCUT2D eigenvalue weighted by atomic mass is 9.83. The molecule has 1 saturated carbocycles. The number of hydrogen-bond donors (Lipinski definition) is 1. The van der Waals surface area contributed by atoms with Gasteiger partial charge in [-0.25, -0.2) is 0 Å². The zero-order valence-corrected chi connectivity index (χ0v) is 6.02. The lowest BCUT2D eigenvalue weighted by Gasteiger charge is -2.27. The van der Waals surface area contributed by atoms with Gasteiger partial charge in [-0.15, -0.1) is 0 Å². The summed E-state index contributed by atoms with van der Waals surface area (Å²) in [6.07, 6.45) is 2.34. The fourth-order valence-corrected chi connectivity index (χ4v) is 1.22. The second-order valence-electron chi connectivity index (χ2n) is 2.10. The lowest BCUT2D eigenvalue weighted by Crippen LogP contribution is -2.23. The largest absolute Gasteiger partial charge is 0.388 e. The van der Waals surface area contributed by atoms with Crippen molar-refractivity contribution in [2.24, 2.45) is 0 Å². The van der Waals surface area contributed by atoms with Crippen LogP contribution in [0, 0.1) is 0 Å². The molecule has 0 aromatic heterocycles. The second kappa shape index (κ2) is 2.54. The molecule has 1 nitrogen and oxygen atoms in total. The van der Waals surface area contributed by atoms with E-state index in [0.29, 0.717) is 6.42 Å². The van der Waals surface area contributed by atoms with Gasteiger partial charge in [-0.05, 0) is 18.1 Å². The second-order valence-corrected chi connectivity index (χ2v) is 2.32. The van der Waals surface area contributed by atoms with E-state index < -0.39 is 0 Å². The van der Waals surface area contributed by atoms with Crippen molar-refractivity contribution in [3.05, 3.63) is 22.8 Å². The molecule has 0 radical (unpaired) electrons. The van der Waals surface area contributed by atoms with Crippen molar-refractivity contribution in [2.75, 3.05) is 0 Å². The summed E-state index contributed by atoms with van der Waals surface area (Å²) in [5.41, 5.74) is 3.57. The molecular formula is C7H9ClO. The Balaban J connectivity index is 2.70. The van der Waals surface area contributed by atoms with Crippen molar-refractivity contribution < 1.29 is 5.11 Å². The third-order valence-electron chi connectivity index (χ3n) is 1.59. The van der Waals surface area contributed by atoms with Crippen LogP contribution < -0.4 is 0 Å². The van der Waals surface area contributed by atoms with Gasteiger partial charge in [0.1, 0.15) is 0 Å². The number of aliphatic hydroxyl groups excluding tert-OH is 1. The first-order valence-corrected chi connectivity index (χ1v) is 3.37. The smallest absolute Gasteiger partial charge is 0.0830 e. The maximum Gasteiger partial charge on any atom is 0.0830 e. The highest BCUT2D eigenvalue weighted by atomic mass is 35.5. The highest BCUT2D eigenvalue weighted by Crippen LogP contribution is 2.33. The van der Waals surface area contributed by atoms with Crippen molar-refractivity contribution in [1.82, 2.24) is 0 Å². The third kappa shape index (κ3) is 1.03. The van der Waals surface area contributed by atoms with E-state index in [4.69, 9.17) is 16.7 Å². The molecule has 2 heteroatoms. The van der Waals surface area contributed by atoms with Crippen molar-refractivity contribution in [3.8, 4) is 0 Å². The Labute approximate surface area is 59.6 Å². The van der Waals surface area contributed by atoms with Gasteiger partial charge >= 0.3 is 0 Å². The van der Waals surface area contributed by atoms with Gasteiger partial charge in [-0.3, -0.25) is 0 Å². The zero-order valence-electron chi connectivity index (χ0n) is 5.26. The standard InChI is InChI=1S/C7H9ClO/c1-2-6-5(4-8)3-7(6)9/h2,4,7,9H,3H2,1H3/b5-4-,6-2?. The molecule has 0 amide bonds. The van der Waals surface area contributed by atoms with Gasteiger partial charge in [0.15, 0.2) is 0 Å². The summed E-state index contributed by atoms with van der Waals surface area (Å²) in [5, 5.41) is 9.04. The molecule has 50 valence electrons. The number of rotatable bonds is 0. The molecule has 1 aliphatic carbocycles. The van der Waals surface area contributed by atoms with E-state index in [-0.39, 0.29) is 6.10 Å². The van der Waals surface area contributed by atoms with Gasteiger partial charge in [0.25, 0.3) is 0 Å². The topological polar surface area (TPSA) is 20.2 Å². The molecule has 1 rings (SSSR count). The molecule has 0 aliphatic heterocycles. The molecule has 1 fully saturated rings. The fraction of sp³-hybridized carbons (Fsp3) is 0.429. The number of halogens is 1. The summed E-state index contributed by atoms with van der Waals surface area (Å²) in [6.45, 7) is 1.90. The molecule has 0 spiro atoms. The molecule has 0 aromatic rings. The van der Waals surface area contributed by atoms with Gasteiger partial charge in [-0.1, -0.05) is 17.7 Å². The summed E-state index contributed by atoms with van der Waals surface area (Å²) in [7, 11) is 0. The van der Waals surface area contributed by atoms with Crippen LogP contribution in [0.4, 0.5) is 0 Å².